The van der Waals surface area contributed by atoms with Crippen molar-refractivity contribution in [2.75, 3.05) is 18.0 Å². The fraction of sp³-hybridized carbons (Fsp3) is 0.615. The van der Waals surface area contributed by atoms with E-state index in [0.717, 1.165) is 11.4 Å². The Balaban J connectivity index is 2.10. The van der Waals surface area contributed by atoms with E-state index in [1.165, 1.54) is 0 Å². The first-order chi connectivity index (χ1) is 8.89. The Kier molecular flexibility index (Phi) is 3.99. The van der Waals surface area contributed by atoms with E-state index in [2.05, 4.69) is 4.98 Å². The molecule has 106 valence electrons. The molecule has 1 atom stereocenters. The molecule has 3 nitrogen and oxygen atoms in total. The van der Waals surface area contributed by atoms with Crippen molar-refractivity contribution in [3.05, 3.63) is 23.9 Å². The number of alkyl halides is 3. The zero-order valence-corrected chi connectivity index (χ0v) is 10.8. The van der Waals surface area contributed by atoms with Crippen molar-refractivity contribution in [1.82, 2.24) is 4.98 Å². The summed E-state index contributed by atoms with van der Waals surface area (Å²) < 4.78 is 37.9. The summed E-state index contributed by atoms with van der Waals surface area (Å²) in [6.07, 6.45) is -2.19. The maximum atomic E-state index is 12.6. The average molecular weight is 273 g/mol. The lowest BCUT2D eigenvalue weighted by atomic mass is 9.96. The fourth-order valence-corrected chi connectivity index (χ4v) is 2.45. The van der Waals surface area contributed by atoms with E-state index in [1.54, 1.807) is 12.3 Å². The highest BCUT2D eigenvalue weighted by molar-refractivity contribution is 5.48. The Morgan fingerprint density at radius 3 is 2.53 bits per heavy atom. The van der Waals surface area contributed by atoms with Crippen LogP contribution in [-0.2, 0) is 0 Å². The minimum Gasteiger partial charge on any atom is -0.356 e. The van der Waals surface area contributed by atoms with E-state index in [9.17, 15) is 13.2 Å². The molecule has 2 N–H and O–H groups in total. The van der Waals surface area contributed by atoms with Crippen molar-refractivity contribution < 1.29 is 13.2 Å². The van der Waals surface area contributed by atoms with Crippen LogP contribution < -0.4 is 10.6 Å². The fourth-order valence-electron chi connectivity index (χ4n) is 2.45. The number of anilines is 1. The van der Waals surface area contributed by atoms with Gasteiger partial charge >= 0.3 is 6.18 Å². The average Bonchev–Trinajstić information content (AvgIpc) is 2.38. The van der Waals surface area contributed by atoms with E-state index in [1.807, 2.05) is 17.9 Å². The Labute approximate surface area is 110 Å². The molecule has 2 heterocycles. The smallest absolute Gasteiger partial charge is 0.356 e. The number of nitrogens with zero attached hydrogens (tertiary/aromatic N) is 2. The molecule has 0 bridgehead atoms. The van der Waals surface area contributed by atoms with E-state index in [-0.39, 0.29) is 18.9 Å². The van der Waals surface area contributed by atoms with E-state index in [0.29, 0.717) is 13.1 Å². The predicted octanol–water partition coefficient (Wildman–Crippen LogP) is 2.88. The second-order valence-electron chi connectivity index (χ2n) is 5.01. The summed E-state index contributed by atoms with van der Waals surface area (Å²) in [5, 5.41) is 0. The van der Waals surface area contributed by atoms with Crippen LogP contribution in [0.4, 0.5) is 19.0 Å². The van der Waals surface area contributed by atoms with Crippen molar-refractivity contribution in [1.29, 1.82) is 0 Å². The normalized spacial score (nSPS) is 19.5. The monoisotopic (exact) mass is 273 g/mol. The molecule has 2 rings (SSSR count). The molecule has 0 radical (unpaired) electrons. The van der Waals surface area contributed by atoms with Crippen LogP contribution in [0.5, 0.6) is 0 Å². The molecule has 0 aromatic carbocycles. The van der Waals surface area contributed by atoms with Crippen LogP contribution in [0.25, 0.3) is 0 Å². The summed E-state index contributed by atoms with van der Waals surface area (Å²) in [7, 11) is 0. The molecule has 0 spiro atoms. The molecular weight excluding hydrogens is 255 g/mol. The number of rotatable bonds is 2. The second kappa shape index (κ2) is 5.36. The third-order valence-corrected chi connectivity index (χ3v) is 3.56. The number of aromatic nitrogens is 1. The minimum absolute atomic E-state index is 0.123. The first kappa shape index (κ1) is 14.1. The van der Waals surface area contributed by atoms with E-state index >= 15 is 0 Å². The molecule has 0 saturated carbocycles. The third kappa shape index (κ3) is 3.18. The predicted molar refractivity (Wildman–Crippen MR) is 67.8 cm³/mol. The van der Waals surface area contributed by atoms with Gasteiger partial charge in [0.1, 0.15) is 5.82 Å². The molecule has 1 aliphatic heterocycles. The van der Waals surface area contributed by atoms with Crippen LogP contribution in [0.1, 0.15) is 31.4 Å². The van der Waals surface area contributed by atoms with Crippen molar-refractivity contribution in [2.45, 2.75) is 32.0 Å². The molecule has 1 saturated heterocycles. The third-order valence-electron chi connectivity index (χ3n) is 3.56. The maximum absolute atomic E-state index is 12.6. The molecule has 0 aliphatic carbocycles. The van der Waals surface area contributed by atoms with Gasteiger partial charge in [-0.2, -0.15) is 13.2 Å². The molecule has 1 aliphatic rings. The molecule has 6 heteroatoms. The van der Waals surface area contributed by atoms with Crippen LogP contribution in [0.3, 0.4) is 0 Å². The summed E-state index contributed by atoms with van der Waals surface area (Å²) in [6, 6.07) is 3.50. The van der Waals surface area contributed by atoms with Gasteiger partial charge in [0, 0.05) is 30.9 Å². The molecule has 0 unspecified atom stereocenters. The number of nitrogens with two attached hydrogens (primary N) is 1. The first-order valence-corrected chi connectivity index (χ1v) is 6.41. The molecule has 1 aromatic heterocycles. The van der Waals surface area contributed by atoms with Gasteiger partial charge in [0.2, 0.25) is 0 Å². The highest BCUT2D eigenvalue weighted by Gasteiger charge is 2.41. The molecule has 1 aromatic rings. The lowest BCUT2D eigenvalue weighted by Gasteiger charge is -2.34. The van der Waals surface area contributed by atoms with Crippen LogP contribution >= 0.6 is 0 Å². The van der Waals surface area contributed by atoms with Gasteiger partial charge in [0.25, 0.3) is 0 Å². The van der Waals surface area contributed by atoms with Crippen LogP contribution in [0.15, 0.2) is 18.3 Å². The van der Waals surface area contributed by atoms with Crippen LogP contribution in [0.2, 0.25) is 0 Å². The van der Waals surface area contributed by atoms with Crippen molar-refractivity contribution in [2.24, 2.45) is 11.7 Å². The Morgan fingerprint density at radius 2 is 2.00 bits per heavy atom. The zero-order chi connectivity index (χ0) is 14.0. The molecular formula is C13H18F3N3. The Bertz CT molecular complexity index is 423. The molecule has 1 fully saturated rings. The van der Waals surface area contributed by atoms with Gasteiger partial charge in [-0.25, -0.2) is 4.98 Å². The van der Waals surface area contributed by atoms with Crippen molar-refractivity contribution in [3.8, 4) is 0 Å². The quantitative estimate of drug-likeness (QED) is 0.901. The summed E-state index contributed by atoms with van der Waals surface area (Å²) in [5.41, 5.74) is 6.75. The highest BCUT2D eigenvalue weighted by atomic mass is 19.4. The number of hydrogen-bond donors (Lipinski definition) is 1. The van der Waals surface area contributed by atoms with Crippen molar-refractivity contribution >= 4 is 5.82 Å². The highest BCUT2D eigenvalue weighted by Crippen LogP contribution is 2.36. The summed E-state index contributed by atoms with van der Waals surface area (Å²) in [4.78, 5) is 6.18. The first-order valence-electron chi connectivity index (χ1n) is 6.41. The number of hydrogen-bond acceptors (Lipinski definition) is 3. The van der Waals surface area contributed by atoms with E-state index in [4.69, 9.17) is 5.73 Å². The van der Waals surface area contributed by atoms with Gasteiger partial charge in [0.05, 0.1) is 5.92 Å². The number of piperidine rings is 1. The van der Waals surface area contributed by atoms with Crippen molar-refractivity contribution in [3.63, 3.8) is 0 Å². The molecule has 0 amide bonds. The maximum Gasteiger partial charge on any atom is 0.391 e. The summed E-state index contributed by atoms with van der Waals surface area (Å²) >= 11 is 0. The lowest BCUT2D eigenvalue weighted by Crippen LogP contribution is -2.40. The number of pyridine rings is 1. The summed E-state index contributed by atoms with van der Waals surface area (Å²) in [6.45, 7) is 2.60. The van der Waals surface area contributed by atoms with Gasteiger partial charge in [0.15, 0.2) is 0 Å². The molecule has 19 heavy (non-hydrogen) atoms. The van der Waals surface area contributed by atoms with Crippen LogP contribution in [-0.4, -0.2) is 24.2 Å². The van der Waals surface area contributed by atoms with Gasteiger partial charge in [-0.3, -0.25) is 0 Å². The second-order valence-corrected chi connectivity index (χ2v) is 5.01. The van der Waals surface area contributed by atoms with Crippen LogP contribution in [0, 0.1) is 5.92 Å². The standard InChI is InChI=1S/C13H18F3N3/c1-9(17)11-3-2-6-18-12(11)19-7-4-10(5-8-19)13(14,15)16/h2-3,6,9-10H,4-5,7-8,17H2,1H3/t9-/m0/s1. The Hall–Kier alpha value is -1.30. The van der Waals surface area contributed by atoms with E-state index < -0.39 is 12.1 Å². The van der Waals surface area contributed by atoms with Gasteiger partial charge < -0.3 is 10.6 Å². The topological polar surface area (TPSA) is 42.1 Å². The minimum atomic E-state index is -4.08. The largest absolute Gasteiger partial charge is 0.391 e. The SMILES string of the molecule is C[C@H](N)c1cccnc1N1CCC(C(F)(F)F)CC1. The Morgan fingerprint density at radius 1 is 1.37 bits per heavy atom. The lowest BCUT2D eigenvalue weighted by molar-refractivity contribution is -0.179. The summed E-state index contributed by atoms with van der Waals surface area (Å²) in [5.74, 6) is -0.468. The van der Waals surface area contributed by atoms with Gasteiger partial charge in [-0.05, 0) is 25.8 Å². The van der Waals surface area contributed by atoms with Gasteiger partial charge in [-0.1, -0.05) is 6.07 Å². The van der Waals surface area contributed by atoms with Gasteiger partial charge in [-0.15, -0.1) is 0 Å². The zero-order valence-electron chi connectivity index (χ0n) is 10.8. The number of halogens is 3.